The molecular formula is C104H164N2O42. The van der Waals surface area contributed by atoms with Gasteiger partial charge in [-0.1, -0.05) is 44.4 Å². The zero-order valence-corrected chi connectivity index (χ0v) is 86.9. The molecule has 8 atom stereocenters. The number of amides is 3. The number of aliphatic hydroxyl groups is 3. The first-order valence-electron chi connectivity index (χ1n) is 52.0. The van der Waals surface area contributed by atoms with Gasteiger partial charge in [0.2, 0.25) is 5.78 Å². The lowest BCUT2D eigenvalue weighted by atomic mass is 9.72. The predicted molar refractivity (Wildman–Crippen MR) is 528 cm³/mol. The quantitative estimate of drug-likeness (QED) is 0.0173. The molecule has 3 amide bonds. The highest BCUT2D eigenvalue weighted by atomic mass is 16.7. The fraction of sp³-hybridized carbons (Fsp3) is 0.760. The first-order chi connectivity index (χ1) is 72.2. The summed E-state index contributed by atoms with van der Waals surface area (Å²) in [7, 11) is 1.30. The Kier molecular flexibility index (Phi) is 68.5. The fourth-order valence-electron chi connectivity index (χ4n) is 16.2. The minimum absolute atomic E-state index is 0.0153. The second kappa shape index (κ2) is 79.5. The van der Waals surface area contributed by atoms with Crippen LogP contribution in [0, 0.1) is 5.41 Å². The Morgan fingerprint density at radius 2 is 0.811 bits per heavy atom. The summed E-state index contributed by atoms with van der Waals surface area (Å²) in [6, 6.07) is 3.24. The Bertz CT molecular complexity index is 4070. The van der Waals surface area contributed by atoms with Gasteiger partial charge >= 0.3 is 6.09 Å². The highest BCUT2D eigenvalue weighted by Gasteiger charge is 2.51. The predicted octanol–water partition coefficient (Wildman–Crippen LogP) is 5.60. The van der Waals surface area contributed by atoms with Gasteiger partial charge < -0.3 is 163 Å². The summed E-state index contributed by atoms with van der Waals surface area (Å²) in [5.41, 5.74) is -4.90. The van der Waals surface area contributed by atoms with E-state index in [1.54, 1.807) is 6.08 Å². The second-order valence-electron chi connectivity index (χ2n) is 35.5. The number of fused-ring (bicyclic) bond motifs is 3. The van der Waals surface area contributed by atoms with Gasteiger partial charge in [0.15, 0.2) is 17.9 Å². The number of carbonyl (C=O) groups excluding carboxylic acids is 9. The first kappa shape index (κ1) is 127. The molecule has 148 heavy (non-hydrogen) atoms. The van der Waals surface area contributed by atoms with Gasteiger partial charge in [0.05, 0.1) is 353 Å². The molecule has 6 N–H and O–H groups in total. The van der Waals surface area contributed by atoms with E-state index >= 15 is 0 Å². The van der Waals surface area contributed by atoms with Gasteiger partial charge in [0, 0.05) is 98.8 Å². The van der Waals surface area contributed by atoms with E-state index in [1.165, 1.54) is 44.4 Å². The molecule has 5 aliphatic rings. The molecule has 0 aromatic heterocycles. The van der Waals surface area contributed by atoms with E-state index in [1.807, 2.05) is 13.0 Å². The largest absolute Gasteiger partial charge is 0.507 e. The molecule has 7 rings (SSSR count). The first-order valence-corrected chi connectivity index (χ1v) is 52.0. The average molecular weight is 2110 g/mol. The third kappa shape index (κ3) is 52.0. The number of unbranched alkanes of at least 4 members (excludes halogenated alkanes) is 4. The Hall–Kier alpha value is -7.41. The number of rotatable bonds is 95. The maximum Gasteiger partial charge on any atom is 0.408 e. The number of carbonyl (C=O) groups is 9. The number of aromatic hydroxyl groups is 2. The monoisotopic (exact) mass is 2110 g/mol. The SMILES string of the molecule is COc1cccc2c1C(=O)c1c(O)c3c(c(O)c1C2=O)CC(O)(C(=O)CO)CC3OC1CC(NC(=O)OC2/C=C/CCC(C)(C(=O)CCCCCCCC(=O)CCOCCOCCOCCOCCOCCOCCOCCOCCOCCOCCOCCOCCOCCOCCOCCOCCOCCOCCOCCOCCOCCOCCOCCOCCCC(=O)CCN3C(=O)C=CC3=O)CC2)C(O)C(C)O1. The molecule has 8 unspecified atom stereocenters. The van der Waals surface area contributed by atoms with Crippen molar-refractivity contribution in [2.45, 2.75) is 172 Å². The lowest BCUT2D eigenvalue weighted by Crippen LogP contribution is -2.56. The molecule has 1 fully saturated rings. The number of methoxy groups -OCH3 is 1. The summed E-state index contributed by atoms with van der Waals surface area (Å²) in [5, 5.41) is 59.4. The Balaban J connectivity index is 0.515. The molecule has 2 aliphatic heterocycles. The number of aliphatic hydroxyl groups excluding tert-OH is 2. The van der Waals surface area contributed by atoms with Crippen molar-refractivity contribution >= 4 is 52.6 Å². The maximum atomic E-state index is 14.1. The van der Waals surface area contributed by atoms with Crippen LogP contribution in [0.3, 0.4) is 0 Å². The molecule has 842 valence electrons. The number of imide groups is 1. The number of Topliss-reactive ketones (excluding diaryl/α,β-unsaturated/α-hetero) is 4. The summed E-state index contributed by atoms with van der Waals surface area (Å²) in [5.74, 6) is -4.71. The van der Waals surface area contributed by atoms with Crippen molar-refractivity contribution in [3.8, 4) is 17.2 Å². The minimum atomic E-state index is -2.39. The van der Waals surface area contributed by atoms with Crippen LogP contribution in [0.1, 0.15) is 172 Å². The number of nitrogens with zero attached hydrogens (tertiary/aromatic N) is 1. The van der Waals surface area contributed by atoms with E-state index in [4.69, 9.17) is 133 Å². The molecule has 3 aliphatic carbocycles. The molecule has 44 heteroatoms. The van der Waals surface area contributed by atoms with Crippen molar-refractivity contribution < 1.29 is 201 Å². The molecule has 2 heterocycles. The van der Waals surface area contributed by atoms with Crippen LogP contribution in [0.4, 0.5) is 4.79 Å². The van der Waals surface area contributed by atoms with Gasteiger partial charge in [-0.3, -0.25) is 43.3 Å². The van der Waals surface area contributed by atoms with Crippen molar-refractivity contribution in [3.63, 3.8) is 0 Å². The lowest BCUT2D eigenvalue weighted by molar-refractivity contribution is -0.249. The van der Waals surface area contributed by atoms with E-state index in [2.05, 4.69) is 5.32 Å². The van der Waals surface area contributed by atoms with Crippen LogP contribution >= 0.6 is 0 Å². The molecule has 0 radical (unpaired) electrons. The van der Waals surface area contributed by atoms with Gasteiger partial charge in [-0.25, -0.2) is 4.79 Å². The summed E-state index contributed by atoms with van der Waals surface area (Å²) in [4.78, 5) is 117. The number of nitrogens with one attached hydrogen (secondary N) is 1. The van der Waals surface area contributed by atoms with E-state index in [0.717, 1.165) is 30.6 Å². The Morgan fingerprint density at radius 1 is 0.439 bits per heavy atom. The molecule has 0 saturated carbocycles. The Labute approximate surface area is 868 Å². The number of phenolic OH excluding ortho intramolecular Hbond substituents is 2. The number of alkyl carbamates (subject to hydrolysis) is 1. The smallest absolute Gasteiger partial charge is 0.408 e. The fourth-order valence-corrected chi connectivity index (χ4v) is 16.2. The third-order valence-corrected chi connectivity index (χ3v) is 24.4. The molecule has 0 bridgehead atoms. The highest BCUT2D eigenvalue weighted by Crippen LogP contribution is 2.53. The normalized spacial score (nSPS) is 19.4. The second-order valence-corrected chi connectivity index (χ2v) is 35.5. The van der Waals surface area contributed by atoms with Crippen LogP contribution in [0.15, 0.2) is 42.5 Å². The molecule has 1 saturated heterocycles. The van der Waals surface area contributed by atoms with Gasteiger partial charge in [0.1, 0.15) is 59.0 Å². The highest BCUT2D eigenvalue weighted by molar-refractivity contribution is 6.31. The number of ketones is 6. The van der Waals surface area contributed by atoms with Gasteiger partial charge in [-0.15, -0.1) is 0 Å². The van der Waals surface area contributed by atoms with Crippen molar-refractivity contribution in [1.29, 1.82) is 0 Å². The number of hydrogen-bond donors (Lipinski definition) is 6. The van der Waals surface area contributed by atoms with Crippen LogP contribution in [0.2, 0.25) is 0 Å². The lowest BCUT2D eigenvalue weighted by Gasteiger charge is -2.42. The van der Waals surface area contributed by atoms with Gasteiger partial charge in [-0.05, 0) is 64.0 Å². The van der Waals surface area contributed by atoms with E-state index in [0.29, 0.717) is 381 Å². The number of hydrogen-bond acceptors (Lipinski definition) is 42. The Morgan fingerprint density at radius 3 is 1.22 bits per heavy atom. The van der Waals surface area contributed by atoms with Gasteiger partial charge in [-0.2, -0.15) is 0 Å². The minimum Gasteiger partial charge on any atom is -0.507 e. The third-order valence-electron chi connectivity index (χ3n) is 24.4. The summed E-state index contributed by atoms with van der Waals surface area (Å²) in [6.45, 7) is 23.6. The molecule has 2 aromatic rings. The zero-order valence-electron chi connectivity index (χ0n) is 86.9. The van der Waals surface area contributed by atoms with Crippen molar-refractivity contribution in [3.05, 3.63) is 75.9 Å². The summed E-state index contributed by atoms with van der Waals surface area (Å²) in [6.07, 6.45) is 6.14. The number of ether oxygens (including phenoxy) is 28. The number of phenols is 2. The summed E-state index contributed by atoms with van der Waals surface area (Å²) >= 11 is 0. The average Bonchev–Trinajstić information content (AvgIpc) is 0.724. The molecule has 0 spiro atoms. The van der Waals surface area contributed by atoms with E-state index < -0.39 is 113 Å². The van der Waals surface area contributed by atoms with Crippen molar-refractivity contribution in [1.82, 2.24) is 10.2 Å². The van der Waals surface area contributed by atoms with E-state index in [-0.39, 0.29) is 76.6 Å². The summed E-state index contributed by atoms with van der Waals surface area (Å²) < 4.78 is 157. The maximum absolute atomic E-state index is 14.1. The molecule has 44 nitrogen and oxygen atoms in total. The topological polar surface area (TPSA) is 528 Å². The molecule has 2 aromatic carbocycles. The van der Waals surface area contributed by atoms with Crippen LogP contribution in [-0.4, -0.2) is 457 Å². The van der Waals surface area contributed by atoms with E-state index in [9.17, 15) is 68.7 Å². The van der Waals surface area contributed by atoms with Crippen LogP contribution < -0.4 is 10.1 Å². The van der Waals surface area contributed by atoms with Crippen molar-refractivity contribution in [2.24, 2.45) is 5.41 Å². The standard InChI is InChI=1S/C104H164N2O42/c1-79-97(114)85(75-92(146-79)148-87-77-104(120,89(111)78-107)76-84-94(87)101(118)96-95(99(84)116)98(115)83-16-11-17-86(121-3)93(83)100(96)117)105-102(119)147-82-15-9-10-24-103(2,25-21-82)88(110)18-8-6-4-5-7-13-81(109)23-28-123-30-32-125-34-36-127-38-40-129-42-44-131-46-48-133-50-52-135-54-56-137-58-60-139-62-64-141-66-68-143-70-72-145-74-73-144-71-69-142-67-65-140-63-61-138-59-57-136-55-53-134-51-49-132-47-45-130-43-41-128-39-37-126-35-33-124-31-29-122-27-12-14-80(108)22-26-106-90(112)19-20-91(106)113/h9,11,15-17,19-20,79,82,85,87,92,97,107,114,116,118,120H,4-8,10,12-14,18,21-78H2,1-3H3,(H,105,119)/b15-9+. The van der Waals surface area contributed by atoms with Crippen LogP contribution in [-0.2, 0) is 163 Å². The zero-order chi connectivity index (χ0) is 106. The number of allylic oxidation sites excluding steroid dienone is 1. The van der Waals surface area contributed by atoms with Crippen LogP contribution in [0.5, 0.6) is 17.2 Å². The number of benzene rings is 2. The van der Waals surface area contributed by atoms with Crippen molar-refractivity contribution in [2.75, 3.05) is 337 Å². The van der Waals surface area contributed by atoms with Gasteiger partial charge in [0.25, 0.3) is 11.8 Å². The molecular weight excluding hydrogens is 1950 g/mol. The van der Waals surface area contributed by atoms with Crippen LogP contribution in [0.25, 0.3) is 0 Å².